The molecule has 1 heterocycles. The third kappa shape index (κ3) is 4.09. The highest BCUT2D eigenvalue weighted by molar-refractivity contribution is 5.82. The molecule has 3 aromatic rings. The average Bonchev–Trinajstić information content (AvgIpc) is 2.67. The fourth-order valence-electron chi connectivity index (χ4n) is 2.90. The molecule has 0 radical (unpaired) electrons. The van der Waals surface area contributed by atoms with Crippen LogP contribution in [0, 0.1) is 0 Å². The zero-order valence-corrected chi connectivity index (χ0v) is 16.6. The number of para-hydroxylation sites is 1. The molecule has 0 unspecified atom stereocenters. The SMILES string of the molecule is CCOC(=O)COc1c(-c2ccc(C(C)(C)C)cc2)oc2ccccc2c1=O. The van der Waals surface area contributed by atoms with E-state index in [9.17, 15) is 9.59 Å². The summed E-state index contributed by atoms with van der Waals surface area (Å²) in [4.78, 5) is 24.7. The Labute approximate surface area is 163 Å². The van der Waals surface area contributed by atoms with Gasteiger partial charge in [0.25, 0.3) is 0 Å². The summed E-state index contributed by atoms with van der Waals surface area (Å²) in [7, 11) is 0. The summed E-state index contributed by atoms with van der Waals surface area (Å²) in [5.41, 5.74) is 2.02. The number of hydrogen-bond donors (Lipinski definition) is 0. The van der Waals surface area contributed by atoms with Crippen LogP contribution in [0.5, 0.6) is 5.75 Å². The number of carbonyl (C=O) groups is 1. The predicted molar refractivity (Wildman–Crippen MR) is 109 cm³/mol. The average molecular weight is 380 g/mol. The monoisotopic (exact) mass is 380 g/mol. The molecule has 0 saturated heterocycles. The van der Waals surface area contributed by atoms with E-state index in [1.165, 1.54) is 0 Å². The molecule has 0 aliphatic heterocycles. The van der Waals surface area contributed by atoms with Gasteiger partial charge in [0.1, 0.15) is 5.58 Å². The minimum Gasteiger partial charge on any atom is -0.474 e. The number of rotatable bonds is 5. The summed E-state index contributed by atoms with van der Waals surface area (Å²) >= 11 is 0. The second kappa shape index (κ2) is 7.89. The van der Waals surface area contributed by atoms with E-state index in [4.69, 9.17) is 13.9 Å². The normalized spacial score (nSPS) is 11.4. The van der Waals surface area contributed by atoms with E-state index in [-0.39, 0.29) is 29.8 Å². The minimum absolute atomic E-state index is 0.00595. The molecule has 146 valence electrons. The Morgan fingerprint density at radius 3 is 2.36 bits per heavy atom. The second-order valence-electron chi connectivity index (χ2n) is 7.51. The van der Waals surface area contributed by atoms with Gasteiger partial charge < -0.3 is 13.9 Å². The van der Waals surface area contributed by atoms with Crippen LogP contribution in [0.1, 0.15) is 33.3 Å². The summed E-state index contributed by atoms with van der Waals surface area (Å²) in [6.07, 6.45) is 0. The van der Waals surface area contributed by atoms with Gasteiger partial charge in [0.15, 0.2) is 12.4 Å². The summed E-state index contributed by atoms with van der Waals surface area (Å²) < 4.78 is 16.5. The van der Waals surface area contributed by atoms with Crippen LogP contribution >= 0.6 is 0 Å². The molecule has 0 N–H and O–H groups in total. The Morgan fingerprint density at radius 2 is 1.71 bits per heavy atom. The number of hydrogen-bond acceptors (Lipinski definition) is 5. The zero-order valence-electron chi connectivity index (χ0n) is 16.6. The van der Waals surface area contributed by atoms with Crippen LogP contribution in [0.4, 0.5) is 0 Å². The number of fused-ring (bicyclic) bond motifs is 1. The Hall–Kier alpha value is -3.08. The highest BCUT2D eigenvalue weighted by atomic mass is 16.6. The van der Waals surface area contributed by atoms with E-state index in [2.05, 4.69) is 20.8 Å². The Bertz CT molecular complexity index is 1040. The van der Waals surface area contributed by atoms with Crippen molar-refractivity contribution in [2.75, 3.05) is 13.2 Å². The van der Waals surface area contributed by atoms with Gasteiger partial charge in [-0.05, 0) is 30.0 Å². The lowest BCUT2D eigenvalue weighted by atomic mass is 9.86. The third-order valence-corrected chi connectivity index (χ3v) is 4.41. The molecule has 0 aliphatic rings. The highest BCUT2D eigenvalue weighted by Crippen LogP contribution is 2.32. The number of ether oxygens (including phenoxy) is 2. The van der Waals surface area contributed by atoms with Crippen LogP contribution in [0.15, 0.2) is 57.7 Å². The fraction of sp³-hybridized carbons (Fsp3) is 0.304. The van der Waals surface area contributed by atoms with Gasteiger partial charge >= 0.3 is 5.97 Å². The van der Waals surface area contributed by atoms with Gasteiger partial charge in [-0.15, -0.1) is 0 Å². The summed E-state index contributed by atoms with van der Waals surface area (Å²) in [6.45, 7) is 7.99. The molecule has 1 aromatic heterocycles. The predicted octanol–water partition coefficient (Wildman–Crippen LogP) is 4.70. The van der Waals surface area contributed by atoms with Crippen molar-refractivity contribution in [3.63, 3.8) is 0 Å². The third-order valence-electron chi connectivity index (χ3n) is 4.41. The topological polar surface area (TPSA) is 65.7 Å². The zero-order chi connectivity index (χ0) is 20.3. The number of carbonyl (C=O) groups excluding carboxylic acids is 1. The van der Waals surface area contributed by atoms with Crippen LogP contribution in [0.3, 0.4) is 0 Å². The molecular weight excluding hydrogens is 356 g/mol. The lowest BCUT2D eigenvalue weighted by molar-refractivity contribution is -0.145. The lowest BCUT2D eigenvalue weighted by Gasteiger charge is -2.19. The highest BCUT2D eigenvalue weighted by Gasteiger charge is 2.20. The van der Waals surface area contributed by atoms with Gasteiger partial charge in [-0.2, -0.15) is 0 Å². The quantitative estimate of drug-likeness (QED) is 0.600. The molecule has 0 spiro atoms. The maximum absolute atomic E-state index is 13.0. The van der Waals surface area contributed by atoms with Gasteiger partial charge in [0.2, 0.25) is 11.2 Å². The van der Waals surface area contributed by atoms with Crippen LogP contribution in [0.2, 0.25) is 0 Å². The summed E-state index contributed by atoms with van der Waals surface area (Å²) in [5, 5.41) is 0.399. The smallest absolute Gasteiger partial charge is 0.344 e. The number of esters is 1. The van der Waals surface area contributed by atoms with E-state index in [1.807, 2.05) is 24.3 Å². The summed E-state index contributed by atoms with van der Waals surface area (Å²) in [5.74, 6) is -0.229. The van der Waals surface area contributed by atoms with Crippen molar-refractivity contribution in [3.8, 4) is 17.1 Å². The molecule has 5 nitrogen and oxygen atoms in total. The summed E-state index contributed by atoms with van der Waals surface area (Å²) in [6, 6.07) is 14.8. The van der Waals surface area contributed by atoms with Crippen molar-refractivity contribution in [2.45, 2.75) is 33.1 Å². The maximum atomic E-state index is 13.0. The molecule has 0 amide bonds. The molecule has 3 rings (SSSR count). The fourth-order valence-corrected chi connectivity index (χ4v) is 2.90. The van der Waals surface area contributed by atoms with Crippen LogP contribution in [0.25, 0.3) is 22.3 Å². The van der Waals surface area contributed by atoms with Crippen LogP contribution in [-0.4, -0.2) is 19.2 Å². The van der Waals surface area contributed by atoms with Crippen molar-refractivity contribution in [2.24, 2.45) is 0 Å². The molecule has 5 heteroatoms. The van der Waals surface area contributed by atoms with Crippen molar-refractivity contribution < 1.29 is 18.7 Å². The van der Waals surface area contributed by atoms with Crippen molar-refractivity contribution in [1.82, 2.24) is 0 Å². The van der Waals surface area contributed by atoms with E-state index < -0.39 is 5.97 Å². The molecule has 0 aliphatic carbocycles. The van der Waals surface area contributed by atoms with Crippen molar-refractivity contribution in [1.29, 1.82) is 0 Å². The first-order valence-corrected chi connectivity index (χ1v) is 9.26. The molecule has 0 saturated carbocycles. The Balaban J connectivity index is 2.10. The second-order valence-corrected chi connectivity index (χ2v) is 7.51. The Kier molecular flexibility index (Phi) is 5.54. The van der Waals surface area contributed by atoms with Gasteiger partial charge in [-0.3, -0.25) is 4.79 Å². The Morgan fingerprint density at radius 1 is 1.04 bits per heavy atom. The minimum atomic E-state index is -0.538. The first-order chi connectivity index (χ1) is 13.3. The van der Waals surface area contributed by atoms with Gasteiger partial charge in [0, 0.05) is 5.56 Å². The largest absolute Gasteiger partial charge is 0.474 e. The van der Waals surface area contributed by atoms with Crippen molar-refractivity contribution >= 4 is 16.9 Å². The molecular formula is C23H24O5. The van der Waals surface area contributed by atoms with Crippen LogP contribution < -0.4 is 10.2 Å². The first-order valence-electron chi connectivity index (χ1n) is 9.26. The molecule has 2 aromatic carbocycles. The van der Waals surface area contributed by atoms with Gasteiger partial charge in [0.05, 0.1) is 12.0 Å². The van der Waals surface area contributed by atoms with Crippen molar-refractivity contribution in [3.05, 3.63) is 64.3 Å². The molecule has 0 fully saturated rings. The van der Waals surface area contributed by atoms with E-state index in [0.717, 1.165) is 5.56 Å². The molecule has 0 atom stereocenters. The first kappa shape index (κ1) is 19.7. The van der Waals surface area contributed by atoms with E-state index in [0.29, 0.717) is 22.3 Å². The lowest BCUT2D eigenvalue weighted by Crippen LogP contribution is -2.18. The van der Waals surface area contributed by atoms with E-state index >= 15 is 0 Å². The van der Waals surface area contributed by atoms with Gasteiger partial charge in [-0.25, -0.2) is 4.79 Å². The standard InChI is InChI=1S/C23H24O5/c1-5-26-19(24)14-27-22-20(25)17-8-6-7-9-18(17)28-21(22)15-10-12-16(13-11-15)23(2,3)4/h6-13H,5,14H2,1-4H3. The molecule has 0 bridgehead atoms. The van der Waals surface area contributed by atoms with E-state index in [1.54, 1.807) is 31.2 Å². The van der Waals surface area contributed by atoms with Gasteiger partial charge in [-0.1, -0.05) is 57.2 Å². The van der Waals surface area contributed by atoms with Crippen LogP contribution in [-0.2, 0) is 14.9 Å². The number of benzene rings is 2. The molecule has 28 heavy (non-hydrogen) atoms. The maximum Gasteiger partial charge on any atom is 0.344 e.